The van der Waals surface area contributed by atoms with Gasteiger partial charge in [0.15, 0.2) is 0 Å². The van der Waals surface area contributed by atoms with Gasteiger partial charge in [-0.1, -0.05) is 37.8 Å². The second-order valence-electron chi connectivity index (χ2n) is 8.50. The number of fused-ring (bicyclic) bond motifs is 1. The molecule has 2 aromatic heterocycles. The standard InChI is InChI=1S/C27H29N3O3/c1-31-21-13-9-18(10-14-21)23-24-26(30-20-7-5-3-4-6-8-20)28-17-29-27(24)33-25(23)19-11-15-22(32-2)16-12-19/h9-17,20H,3-8H2,1-2H3,(H,28,29,30). The molecule has 1 aliphatic carbocycles. The first kappa shape index (κ1) is 21.3. The number of hydrogen-bond acceptors (Lipinski definition) is 6. The molecule has 0 amide bonds. The molecule has 6 heteroatoms. The van der Waals surface area contributed by atoms with Gasteiger partial charge in [-0.15, -0.1) is 0 Å². The summed E-state index contributed by atoms with van der Waals surface area (Å²) in [5, 5.41) is 4.64. The second kappa shape index (κ2) is 9.53. The number of benzene rings is 2. The number of furan rings is 1. The van der Waals surface area contributed by atoms with E-state index in [2.05, 4.69) is 27.4 Å². The van der Waals surface area contributed by atoms with Gasteiger partial charge in [-0.2, -0.15) is 0 Å². The highest BCUT2D eigenvalue weighted by Crippen LogP contribution is 2.43. The average Bonchev–Trinajstić information content (AvgIpc) is 3.07. The van der Waals surface area contributed by atoms with Crippen molar-refractivity contribution in [1.29, 1.82) is 0 Å². The van der Waals surface area contributed by atoms with Crippen molar-refractivity contribution < 1.29 is 13.9 Å². The number of ether oxygens (including phenoxy) is 2. The first-order valence-electron chi connectivity index (χ1n) is 11.6. The molecule has 2 aromatic carbocycles. The van der Waals surface area contributed by atoms with Crippen molar-refractivity contribution >= 4 is 16.9 Å². The summed E-state index contributed by atoms with van der Waals surface area (Å²) in [5.41, 5.74) is 3.55. The Bertz CT molecular complexity index is 1210. The van der Waals surface area contributed by atoms with Crippen molar-refractivity contribution in [2.75, 3.05) is 19.5 Å². The molecule has 0 bridgehead atoms. The number of hydrogen-bond donors (Lipinski definition) is 1. The van der Waals surface area contributed by atoms with Crippen LogP contribution in [0.2, 0.25) is 0 Å². The van der Waals surface area contributed by atoms with Gasteiger partial charge in [0.2, 0.25) is 5.71 Å². The lowest BCUT2D eigenvalue weighted by molar-refractivity contribution is 0.414. The van der Waals surface area contributed by atoms with E-state index in [1.54, 1.807) is 20.5 Å². The van der Waals surface area contributed by atoms with E-state index in [1.807, 2.05) is 36.4 Å². The summed E-state index contributed by atoms with van der Waals surface area (Å²) < 4.78 is 17.1. The van der Waals surface area contributed by atoms with Crippen LogP contribution >= 0.6 is 0 Å². The molecular formula is C27H29N3O3. The summed E-state index contributed by atoms with van der Waals surface area (Å²) in [7, 11) is 3.34. The molecule has 1 N–H and O–H groups in total. The van der Waals surface area contributed by atoms with Gasteiger partial charge in [0.05, 0.1) is 19.6 Å². The predicted octanol–water partition coefficient (Wildman–Crippen LogP) is 6.71. The maximum atomic E-state index is 6.36. The molecule has 33 heavy (non-hydrogen) atoms. The Labute approximate surface area is 194 Å². The first-order valence-corrected chi connectivity index (χ1v) is 11.6. The van der Waals surface area contributed by atoms with Crippen LogP contribution in [0.4, 0.5) is 5.82 Å². The molecule has 6 nitrogen and oxygen atoms in total. The third kappa shape index (κ3) is 4.38. The van der Waals surface area contributed by atoms with Crippen molar-refractivity contribution in [2.24, 2.45) is 0 Å². The zero-order chi connectivity index (χ0) is 22.6. The van der Waals surface area contributed by atoms with Gasteiger partial charge in [-0.25, -0.2) is 9.97 Å². The summed E-state index contributed by atoms with van der Waals surface area (Å²) in [6.07, 6.45) is 9.02. The second-order valence-corrected chi connectivity index (χ2v) is 8.50. The quantitative estimate of drug-likeness (QED) is 0.334. The Kier molecular flexibility index (Phi) is 6.15. The molecule has 170 valence electrons. The van der Waals surface area contributed by atoms with Crippen LogP contribution in [0, 0.1) is 0 Å². The summed E-state index contributed by atoms with van der Waals surface area (Å²) >= 11 is 0. The molecule has 4 aromatic rings. The minimum Gasteiger partial charge on any atom is -0.497 e. The average molecular weight is 444 g/mol. The topological polar surface area (TPSA) is 69.4 Å². The van der Waals surface area contributed by atoms with E-state index in [0.29, 0.717) is 11.8 Å². The number of rotatable bonds is 6. The molecule has 1 fully saturated rings. The lowest BCUT2D eigenvalue weighted by Crippen LogP contribution is -2.19. The van der Waals surface area contributed by atoms with E-state index < -0.39 is 0 Å². The summed E-state index contributed by atoms with van der Waals surface area (Å²) in [4.78, 5) is 9.15. The van der Waals surface area contributed by atoms with E-state index in [0.717, 1.165) is 58.0 Å². The van der Waals surface area contributed by atoms with Crippen LogP contribution in [0.25, 0.3) is 33.6 Å². The Balaban J connectivity index is 1.66. The zero-order valence-corrected chi connectivity index (χ0v) is 19.1. The fraction of sp³-hybridized carbons (Fsp3) is 0.333. The van der Waals surface area contributed by atoms with E-state index in [9.17, 15) is 0 Å². The SMILES string of the molecule is COc1ccc(-c2oc3ncnc(NC4CCCCCC4)c3c2-c2ccc(OC)cc2)cc1. The lowest BCUT2D eigenvalue weighted by Gasteiger charge is -2.17. The Morgan fingerprint density at radius 1 is 0.788 bits per heavy atom. The van der Waals surface area contributed by atoms with Crippen molar-refractivity contribution in [3.63, 3.8) is 0 Å². The van der Waals surface area contributed by atoms with Crippen LogP contribution in [0.5, 0.6) is 11.5 Å². The van der Waals surface area contributed by atoms with E-state index >= 15 is 0 Å². The van der Waals surface area contributed by atoms with Gasteiger partial charge < -0.3 is 19.2 Å². The summed E-state index contributed by atoms with van der Waals surface area (Å²) in [6, 6.07) is 16.4. The molecule has 0 radical (unpaired) electrons. The van der Waals surface area contributed by atoms with Crippen LogP contribution in [0.15, 0.2) is 59.3 Å². The van der Waals surface area contributed by atoms with Gasteiger partial charge >= 0.3 is 0 Å². The molecule has 2 heterocycles. The summed E-state index contributed by atoms with van der Waals surface area (Å²) in [5.74, 6) is 3.21. The molecular weight excluding hydrogens is 414 g/mol. The van der Waals surface area contributed by atoms with Crippen molar-refractivity contribution in [3.8, 4) is 33.9 Å². The van der Waals surface area contributed by atoms with Gasteiger partial charge in [0.25, 0.3) is 0 Å². The highest BCUT2D eigenvalue weighted by Gasteiger charge is 2.24. The van der Waals surface area contributed by atoms with Crippen LogP contribution in [-0.2, 0) is 0 Å². The number of methoxy groups -OCH3 is 2. The number of nitrogens with zero attached hydrogens (tertiary/aromatic N) is 2. The van der Waals surface area contributed by atoms with Gasteiger partial charge in [-0.05, 0) is 54.8 Å². The Morgan fingerprint density at radius 2 is 1.39 bits per heavy atom. The van der Waals surface area contributed by atoms with Crippen LogP contribution in [-0.4, -0.2) is 30.2 Å². The fourth-order valence-electron chi connectivity index (χ4n) is 4.64. The van der Waals surface area contributed by atoms with Gasteiger partial charge in [-0.3, -0.25) is 0 Å². The van der Waals surface area contributed by atoms with Gasteiger partial charge in [0, 0.05) is 17.2 Å². The normalized spacial score (nSPS) is 14.7. The number of nitrogens with one attached hydrogen (secondary N) is 1. The third-order valence-electron chi connectivity index (χ3n) is 6.42. The van der Waals surface area contributed by atoms with Crippen molar-refractivity contribution in [2.45, 2.75) is 44.6 Å². The van der Waals surface area contributed by atoms with E-state index in [-0.39, 0.29) is 0 Å². The minimum absolute atomic E-state index is 0.411. The number of aromatic nitrogens is 2. The molecule has 0 saturated heterocycles. The lowest BCUT2D eigenvalue weighted by atomic mass is 9.99. The van der Waals surface area contributed by atoms with E-state index in [1.165, 1.54) is 25.7 Å². The highest BCUT2D eigenvalue weighted by molar-refractivity contribution is 6.06. The van der Waals surface area contributed by atoms with Crippen molar-refractivity contribution in [3.05, 3.63) is 54.9 Å². The van der Waals surface area contributed by atoms with Crippen molar-refractivity contribution in [1.82, 2.24) is 9.97 Å². The van der Waals surface area contributed by atoms with E-state index in [4.69, 9.17) is 13.9 Å². The van der Waals surface area contributed by atoms with Crippen LogP contribution < -0.4 is 14.8 Å². The predicted molar refractivity (Wildman–Crippen MR) is 131 cm³/mol. The van der Waals surface area contributed by atoms with Gasteiger partial charge in [0.1, 0.15) is 29.4 Å². The maximum absolute atomic E-state index is 6.36. The maximum Gasteiger partial charge on any atom is 0.232 e. The minimum atomic E-state index is 0.411. The monoisotopic (exact) mass is 443 g/mol. The molecule has 1 aliphatic rings. The molecule has 0 atom stereocenters. The van der Waals surface area contributed by atoms with Crippen LogP contribution in [0.3, 0.4) is 0 Å². The van der Waals surface area contributed by atoms with Crippen LogP contribution in [0.1, 0.15) is 38.5 Å². The molecule has 0 spiro atoms. The zero-order valence-electron chi connectivity index (χ0n) is 19.1. The fourth-order valence-corrected chi connectivity index (χ4v) is 4.64. The first-order chi connectivity index (χ1) is 16.3. The smallest absolute Gasteiger partial charge is 0.232 e. The highest BCUT2D eigenvalue weighted by atomic mass is 16.5. The third-order valence-corrected chi connectivity index (χ3v) is 6.42. The molecule has 0 unspecified atom stereocenters. The molecule has 5 rings (SSSR count). The summed E-state index contributed by atoms with van der Waals surface area (Å²) in [6.45, 7) is 0. The Morgan fingerprint density at radius 3 is 2.00 bits per heavy atom. The largest absolute Gasteiger partial charge is 0.497 e. The molecule has 0 aliphatic heterocycles. The number of anilines is 1. The Hall–Kier alpha value is -3.54. The molecule has 1 saturated carbocycles.